The van der Waals surface area contributed by atoms with E-state index in [1.165, 1.54) is 0 Å². The van der Waals surface area contributed by atoms with Crippen LogP contribution in [0, 0.1) is 0 Å². The quantitative estimate of drug-likeness (QED) is 0.869. The maximum atomic E-state index is 12.6. The van der Waals surface area contributed by atoms with E-state index < -0.39 is 5.92 Å². The van der Waals surface area contributed by atoms with Gasteiger partial charge >= 0.3 is 5.97 Å². The van der Waals surface area contributed by atoms with Crippen molar-refractivity contribution in [3.63, 3.8) is 0 Å². The maximum absolute atomic E-state index is 12.6. The Morgan fingerprint density at radius 3 is 2.96 bits per heavy atom. The fourth-order valence-electron chi connectivity index (χ4n) is 3.34. The predicted octanol–water partition coefficient (Wildman–Crippen LogP) is 2.61. The highest BCUT2D eigenvalue weighted by molar-refractivity contribution is 6.03. The molecule has 5 nitrogen and oxygen atoms in total. The van der Waals surface area contributed by atoms with Gasteiger partial charge in [0.15, 0.2) is 5.78 Å². The highest BCUT2D eigenvalue weighted by Gasteiger charge is 2.39. The smallest absolute Gasteiger partial charge is 0.336 e. The van der Waals surface area contributed by atoms with E-state index in [0.29, 0.717) is 24.2 Å². The average molecular weight is 312 g/mol. The van der Waals surface area contributed by atoms with Crippen molar-refractivity contribution in [1.29, 1.82) is 0 Å². The largest absolute Gasteiger partial charge is 0.463 e. The number of allylic oxidation sites excluding steroid dienone is 3. The fourth-order valence-corrected chi connectivity index (χ4v) is 3.34. The standard InChI is InChI=1S/C18H20N2O3/c1-3-23-18(22)15-11(2)20-13-7-4-8-14(21)17(13)16(15)12-6-5-9-19-10-12/h5-6,9-10,16,20H,3-4,7-8H2,1-2H3/t16-/m1/s1. The third kappa shape index (κ3) is 2.79. The van der Waals surface area contributed by atoms with Crippen LogP contribution in [-0.4, -0.2) is 23.3 Å². The summed E-state index contributed by atoms with van der Waals surface area (Å²) in [6.45, 7) is 3.94. The third-order valence-corrected chi connectivity index (χ3v) is 4.29. The second-order valence-corrected chi connectivity index (χ2v) is 5.77. The molecule has 0 spiro atoms. The topological polar surface area (TPSA) is 68.3 Å². The molecule has 1 N–H and O–H groups in total. The normalized spacial score (nSPS) is 21.0. The Morgan fingerprint density at radius 1 is 1.43 bits per heavy atom. The zero-order valence-electron chi connectivity index (χ0n) is 13.4. The number of ether oxygens (including phenoxy) is 1. The molecule has 0 fully saturated rings. The summed E-state index contributed by atoms with van der Waals surface area (Å²) in [6.07, 6.45) is 5.59. The molecular weight excluding hydrogens is 292 g/mol. The summed E-state index contributed by atoms with van der Waals surface area (Å²) < 4.78 is 5.23. The second kappa shape index (κ2) is 6.36. The highest BCUT2D eigenvalue weighted by Crippen LogP contribution is 2.42. The van der Waals surface area contributed by atoms with Gasteiger partial charge in [-0.1, -0.05) is 6.07 Å². The molecule has 1 aliphatic heterocycles. The van der Waals surface area contributed by atoms with E-state index >= 15 is 0 Å². The number of carbonyl (C=O) groups is 2. The Morgan fingerprint density at radius 2 is 2.26 bits per heavy atom. The number of dihydropyridines is 1. The number of nitrogens with zero attached hydrogens (tertiary/aromatic N) is 1. The van der Waals surface area contributed by atoms with Gasteiger partial charge < -0.3 is 10.1 Å². The summed E-state index contributed by atoms with van der Waals surface area (Å²) in [7, 11) is 0. The highest BCUT2D eigenvalue weighted by atomic mass is 16.5. The molecule has 0 aromatic carbocycles. The van der Waals surface area contributed by atoms with Crippen LogP contribution in [0.2, 0.25) is 0 Å². The first-order valence-electron chi connectivity index (χ1n) is 7.94. The molecule has 0 radical (unpaired) electrons. The Kier molecular flexibility index (Phi) is 4.28. The van der Waals surface area contributed by atoms with Gasteiger partial charge in [-0.15, -0.1) is 0 Å². The zero-order chi connectivity index (χ0) is 16.4. The minimum Gasteiger partial charge on any atom is -0.463 e. The van der Waals surface area contributed by atoms with Crippen LogP contribution in [0.25, 0.3) is 0 Å². The van der Waals surface area contributed by atoms with Crippen LogP contribution < -0.4 is 5.32 Å². The van der Waals surface area contributed by atoms with E-state index in [4.69, 9.17) is 4.74 Å². The van der Waals surface area contributed by atoms with E-state index in [0.717, 1.165) is 29.8 Å². The number of pyridine rings is 1. The van der Waals surface area contributed by atoms with E-state index in [-0.39, 0.29) is 11.8 Å². The van der Waals surface area contributed by atoms with Crippen molar-refractivity contribution >= 4 is 11.8 Å². The molecule has 0 saturated heterocycles. The number of esters is 1. The number of nitrogens with one attached hydrogen (secondary N) is 1. The fraction of sp³-hybridized carbons (Fsp3) is 0.389. The monoisotopic (exact) mass is 312 g/mol. The first kappa shape index (κ1) is 15.5. The van der Waals surface area contributed by atoms with Gasteiger partial charge in [-0.2, -0.15) is 0 Å². The minimum absolute atomic E-state index is 0.0990. The van der Waals surface area contributed by atoms with Crippen molar-refractivity contribution in [2.24, 2.45) is 0 Å². The Hall–Kier alpha value is -2.43. The average Bonchev–Trinajstić information content (AvgIpc) is 2.54. The van der Waals surface area contributed by atoms with Crippen LogP contribution in [0.5, 0.6) is 0 Å². The van der Waals surface area contributed by atoms with Crippen LogP contribution in [0.4, 0.5) is 0 Å². The molecule has 5 heteroatoms. The number of rotatable bonds is 3. The van der Waals surface area contributed by atoms with Crippen molar-refractivity contribution in [3.05, 3.63) is 52.6 Å². The summed E-state index contributed by atoms with van der Waals surface area (Å²) in [6, 6.07) is 3.73. The van der Waals surface area contributed by atoms with Gasteiger partial charge in [0.2, 0.25) is 0 Å². The van der Waals surface area contributed by atoms with Gasteiger partial charge in [0.1, 0.15) is 0 Å². The summed E-state index contributed by atoms with van der Waals surface area (Å²) >= 11 is 0. The molecule has 23 heavy (non-hydrogen) atoms. The number of Topliss-reactive ketones (excluding diaryl/α,β-unsaturated/α-hetero) is 1. The molecule has 1 atom stereocenters. The first-order chi connectivity index (χ1) is 11.1. The molecule has 1 aliphatic carbocycles. The molecular formula is C18H20N2O3. The van der Waals surface area contributed by atoms with E-state index in [1.54, 1.807) is 19.3 Å². The minimum atomic E-state index is -0.396. The lowest BCUT2D eigenvalue weighted by Gasteiger charge is -2.33. The lowest BCUT2D eigenvalue weighted by Crippen LogP contribution is -2.34. The van der Waals surface area contributed by atoms with Gasteiger partial charge in [-0.05, 0) is 38.3 Å². The van der Waals surface area contributed by atoms with Crippen LogP contribution in [0.1, 0.15) is 44.6 Å². The summed E-state index contributed by atoms with van der Waals surface area (Å²) in [5.74, 6) is -0.676. The van der Waals surface area contributed by atoms with E-state index in [2.05, 4.69) is 10.3 Å². The van der Waals surface area contributed by atoms with Crippen molar-refractivity contribution < 1.29 is 14.3 Å². The predicted molar refractivity (Wildman–Crippen MR) is 85.3 cm³/mol. The molecule has 3 rings (SSSR count). The second-order valence-electron chi connectivity index (χ2n) is 5.77. The van der Waals surface area contributed by atoms with Crippen molar-refractivity contribution in [1.82, 2.24) is 10.3 Å². The van der Waals surface area contributed by atoms with Crippen molar-refractivity contribution in [2.75, 3.05) is 6.61 Å². The third-order valence-electron chi connectivity index (χ3n) is 4.29. The van der Waals surface area contributed by atoms with Gasteiger partial charge in [0, 0.05) is 41.7 Å². The Balaban J connectivity index is 2.15. The zero-order valence-corrected chi connectivity index (χ0v) is 13.4. The van der Waals surface area contributed by atoms with Crippen LogP contribution in [-0.2, 0) is 14.3 Å². The van der Waals surface area contributed by atoms with Gasteiger partial charge in [-0.3, -0.25) is 9.78 Å². The number of hydrogen-bond donors (Lipinski definition) is 1. The van der Waals surface area contributed by atoms with Gasteiger partial charge in [0.25, 0.3) is 0 Å². The lowest BCUT2D eigenvalue weighted by atomic mass is 9.75. The number of ketones is 1. The van der Waals surface area contributed by atoms with E-state index in [9.17, 15) is 9.59 Å². The molecule has 2 heterocycles. The summed E-state index contributed by atoms with van der Waals surface area (Å²) in [5.41, 5.74) is 3.73. The molecule has 1 aromatic rings. The molecule has 0 bridgehead atoms. The van der Waals surface area contributed by atoms with Crippen LogP contribution in [0.15, 0.2) is 47.1 Å². The SMILES string of the molecule is CCOC(=O)C1=C(C)NC2=C(C(=O)CCC2)[C@@H]1c1cccnc1. The summed E-state index contributed by atoms with van der Waals surface area (Å²) in [4.78, 5) is 29.2. The molecule has 0 unspecified atom stereocenters. The Labute approximate surface area is 135 Å². The molecule has 0 saturated carbocycles. The lowest BCUT2D eigenvalue weighted by molar-refractivity contribution is -0.138. The van der Waals surface area contributed by atoms with Gasteiger partial charge in [0.05, 0.1) is 12.2 Å². The molecule has 120 valence electrons. The molecule has 1 aromatic heterocycles. The molecule has 2 aliphatic rings. The van der Waals surface area contributed by atoms with Gasteiger partial charge in [-0.25, -0.2) is 4.79 Å². The Bertz CT molecular complexity index is 704. The number of hydrogen-bond acceptors (Lipinski definition) is 5. The maximum Gasteiger partial charge on any atom is 0.336 e. The number of aromatic nitrogens is 1. The van der Waals surface area contributed by atoms with Crippen molar-refractivity contribution in [2.45, 2.75) is 39.0 Å². The van der Waals surface area contributed by atoms with Crippen molar-refractivity contribution in [3.8, 4) is 0 Å². The summed E-state index contributed by atoms with van der Waals surface area (Å²) in [5, 5.41) is 3.26. The van der Waals surface area contributed by atoms with E-state index in [1.807, 2.05) is 19.1 Å². The van der Waals surface area contributed by atoms with Crippen LogP contribution >= 0.6 is 0 Å². The first-order valence-corrected chi connectivity index (χ1v) is 7.94. The van der Waals surface area contributed by atoms with Crippen LogP contribution in [0.3, 0.4) is 0 Å². The number of carbonyl (C=O) groups excluding carboxylic acids is 2. The molecule has 0 amide bonds.